The molecule has 1 amide bonds. The van der Waals surface area contributed by atoms with Crippen molar-refractivity contribution in [2.45, 2.75) is 113 Å². The highest BCUT2D eigenvalue weighted by atomic mass is 16.5. The van der Waals surface area contributed by atoms with Crippen molar-refractivity contribution in [3.8, 4) is 0 Å². The second kappa shape index (κ2) is 7.58. The minimum absolute atomic E-state index is 0.0662. The van der Waals surface area contributed by atoms with Gasteiger partial charge in [0.05, 0.1) is 11.1 Å². The molecule has 5 heteroatoms. The number of carbonyl (C=O) groups is 1. The Labute approximate surface area is 212 Å². The Morgan fingerprint density at radius 1 is 0.971 bits per heavy atom. The SMILES string of the molecule is CC1(C)CC[C@]2(C(=O)NO)CC[C@]3(C)C(=CC[C@@H]4[C@@]5(C)CC/C(=N\O)C(C)(C)[C@@H]5CC[C@]43C)[C@@H]2C1. The van der Waals surface area contributed by atoms with E-state index in [4.69, 9.17) is 0 Å². The van der Waals surface area contributed by atoms with Gasteiger partial charge in [-0.2, -0.15) is 0 Å². The van der Waals surface area contributed by atoms with E-state index in [1.807, 2.05) is 0 Å². The van der Waals surface area contributed by atoms with Crippen LogP contribution >= 0.6 is 0 Å². The van der Waals surface area contributed by atoms with Gasteiger partial charge >= 0.3 is 0 Å². The molecule has 0 unspecified atom stereocenters. The van der Waals surface area contributed by atoms with Crippen molar-refractivity contribution in [2.24, 2.45) is 55.4 Å². The van der Waals surface area contributed by atoms with Gasteiger partial charge < -0.3 is 5.21 Å². The van der Waals surface area contributed by atoms with E-state index in [0.29, 0.717) is 11.8 Å². The van der Waals surface area contributed by atoms with Crippen LogP contribution in [0.2, 0.25) is 0 Å². The molecule has 0 radical (unpaired) electrons. The summed E-state index contributed by atoms with van der Waals surface area (Å²) in [5.74, 6) is 1.14. The van der Waals surface area contributed by atoms with Gasteiger partial charge in [0.1, 0.15) is 0 Å². The van der Waals surface area contributed by atoms with Crippen LogP contribution in [0.5, 0.6) is 0 Å². The third-order valence-corrected chi connectivity index (χ3v) is 13.1. The summed E-state index contributed by atoms with van der Waals surface area (Å²) in [5.41, 5.74) is 4.69. The molecule has 196 valence electrons. The monoisotopic (exact) mass is 484 g/mol. The molecule has 0 bridgehead atoms. The normalized spacial score (nSPS) is 49.1. The first kappa shape index (κ1) is 25.3. The molecule has 0 aliphatic heterocycles. The van der Waals surface area contributed by atoms with Gasteiger partial charge in [-0.25, -0.2) is 5.48 Å². The van der Waals surface area contributed by atoms with E-state index < -0.39 is 5.41 Å². The van der Waals surface area contributed by atoms with Gasteiger partial charge in [0.15, 0.2) is 0 Å². The Morgan fingerprint density at radius 3 is 2.31 bits per heavy atom. The minimum Gasteiger partial charge on any atom is -0.411 e. The number of rotatable bonds is 1. The number of amides is 1. The summed E-state index contributed by atoms with van der Waals surface area (Å²) in [6, 6.07) is 0. The maximum atomic E-state index is 13.2. The predicted molar refractivity (Wildman–Crippen MR) is 138 cm³/mol. The molecule has 7 atom stereocenters. The number of hydroxylamine groups is 1. The van der Waals surface area contributed by atoms with Crippen LogP contribution in [0.15, 0.2) is 16.8 Å². The van der Waals surface area contributed by atoms with Crippen molar-refractivity contribution >= 4 is 11.6 Å². The van der Waals surface area contributed by atoms with Crippen molar-refractivity contribution in [3.05, 3.63) is 11.6 Å². The van der Waals surface area contributed by atoms with Crippen molar-refractivity contribution in [1.82, 2.24) is 5.48 Å². The zero-order valence-corrected chi connectivity index (χ0v) is 23.1. The average molecular weight is 485 g/mol. The van der Waals surface area contributed by atoms with Gasteiger partial charge in [0.2, 0.25) is 5.91 Å². The topological polar surface area (TPSA) is 81.9 Å². The molecule has 0 aromatic heterocycles. The van der Waals surface area contributed by atoms with Gasteiger partial charge in [0.25, 0.3) is 0 Å². The molecule has 5 rings (SSSR count). The fourth-order valence-corrected chi connectivity index (χ4v) is 10.8. The Balaban J connectivity index is 1.60. The molecule has 0 aromatic carbocycles. The van der Waals surface area contributed by atoms with Gasteiger partial charge in [-0.1, -0.05) is 65.3 Å². The third kappa shape index (κ3) is 3.09. The van der Waals surface area contributed by atoms with Crippen molar-refractivity contribution < 1.29 is 15.2 Å². The van der Waals surface area contributed by atoms with E-state index in [1.54, 1.807) is 0 Å². The molecular weight excluding hydrogens is 436 g/mol. The summed E-state index contributed by atoms with van der Waals surface area (Å²) in [7, 11) is 0. The van der Waals surface area contributed by atoms with Crippen LogP contribution in [0, 0.1) is 50.2 Å². The maximum Gasteiger partial charge on any atom is 0.250 e. The Morgan fingerprint density at radius 2 is 1.66 bits per heavy atom. The lowest BCUT2D eigenvalue weighted by Gasteiger charge is -2.70. The van der Waals surface area contributed by atoms with Crippen LogP contribution in [0.25, 0.3) is 0 Å². The highest BCUT2D eigenvalue weighted by Gasteiger charge is 2.69. The summed E-state index contributed by atoms with van der Waals surface area (Å²) in [4.78, 5) is 13.2. The van der Waals surface area contributed by atoms with Gasteiger partial charge in [-0.05, 0) is 104 Å². The number of hydrogen-bond acceptors (Lipinski definition) is 4. The average Bonchev–Trinajstić information content (AvgIpc) is 2.78. The second-order valence-electron chi connectivity index (χ2n) is 15.1. The zero-order chi connectivity index (χ0) is 25.7. The molecule has 0 heterocycles. The lowest BCUT2D eigenvalue weighted by Crippen LogP contribution is -2.65. The first-order chi connectivity index (χ1) is 16.2. The number of nitrogens with one attached hydrogen (secondary N) is 1. The third-order valence-electron chi connectivity index (χ3n) is 13.1. The number of oxime groups is 1. The number of hydrogen-bond donors (Lipinski definition) is 3. The lowest BCUT2D eigenvalue weighted by molar-refractivity contribution is -0.174. The van der Waals surface area contributed by atoms with E-state index in [-0.39, 0.29) is 38.9 Å². The highest BCUT2D eigenvalue weighted by Crippen LogP contribution is 2.75. The Bertz CT molecular complexity index is 982. The molecule has 4 fully saturated rings. The quantitative estimate of drug-likeness (QED) is 0.160. The molecule has 35 heavy (non-hydrogen) atoms. The first-order valence-electron chi connectivity index (χ1n) is 14.1. The molecule has 0 aromatic rings. The summed E-state index contributed by atoms with van der Waals surface area (Å²) < 4.78 is 0. The number of allylic oxidation sites excluding steroid dienone is 2. The smallest absolute Gasteiger partial charge is 0.250 e. The molecule has 5 aliphatic rings. The number of fused-ring (bicyclic) bond motifs is 7. The van der Waals surface area contributed by atoms with Crippen LogP contribution in [0.3, 0.4) is 0 Å². The van der Waals surface area contributed by atoms with E-state index in [2.05, 4.69) is 65.2 Å². The molecule has 4 saturated carbocycles. The van der Waals surface area contributed by atoms with Crippen LogP contribution in [0.4, 0.5) is 0 Å². The molecule has 5 nitrogen and oxygen atoms in total. The number of carbonyl (C=O) groups excluding carboxylic acids is 1. The zero-order valence-electron chi connectivity index (χ0n) is 23.1. The fourth-order valence-electron chi connectivity index (χ4n) is 10.8. The molecule has 3 N–H and O–H groups in total. The second-order valence-corrected chi connectivity index (χ2v) is 15.1. The summed E-state index contributed by atoms with van der Waals surface area (Å²) >= 11 is 0. The summed E-state index contributed by atoms with van der Waals surface area (Å²) in [6.07, 6.45) is 12.8. The van der Waals surface area contributed by atoms with Gasteiger partial charge in [-0.15, -0.1) is 0 Å². The molecule has 0 spiro atoms. The van der Waals surface area contributed by atoms with Crippen LogP contribution in [0.1, 0.15) is 113 Å². The van der Waals surface area contributed by atoms with Crippen molar-refractivity contribution in [1.29, 1.82) is 0 Å². The minimum atomic E-state index is -0.473. The largest absolute Gasteiger partial charge is 0.411 e. The predicted octanol–water partition coefficient (Wildman–Crippen LogP) is 7.12. The number of nitrogens with zero attached hydrogens (tertiary/aromatic N) is 1. The molecular formula is C30H48N2O3. The van der Waals surface area contributed by atoms with Crippen LogP contribution in [-0.4, -0.2) is 22.0 Å². The van der Waals surface area contributed by atoms with Crippen LogP contribution in [-0.2, 0) is 4.79 Å². The van der Waals surface area contributed by atoms with E-state index in [1.165, 1.54) is 12.0 Å². The molecule has 0 saturated heterocycles. The maximum absolute atomic E-state index is 13.2. The summed E-state index contributed by atoms with van der Waals surface area (Å²) in [5, 5.41) is 23.3. The van der Waals surface area contributed by atoms with Crippen molar-refractivity contribution in [2.75, 3.05) is 0 Å². The lowest BCUT2D eigenvalue weighted by atomic mass is 9.33. The van der Waals surface area contributed by atoms with Crippen LogP contribution < -0.4 is 5.48 Å². The Kier molecular flexibility index (Phi) is 5.48. The first-order valence-corrected chi connectivity index (χ1v) is 14.1. The standard InChI is InChI=1S/C30H48N2O3/c1-25(2)14-16-30(24(33)32-35)17-15-28(6)19(20(30)18-25)8-9-22-27(5)12-11-23(31-34)26(3,4)21(27)10-13-29(22,28)7/h8,20-22,34-35H,9-18H2,1-7H3,(H,32,33)/b31-23+/t20-,21-,22+,27-,28+,29+,30-/m0/s1. The van der Waals surface area contributed by atoms with E-state index >= 15 is 0 Å². The van der Waals surface area contributed by atoms with Crippen molar-refractivity contribution in [3.63, 3.8) is 0 Å². The van der Waals surface area contributed by atoms with Gasteiger partial charge in [0, 0.05) is 5.41 Å². The summed E-state index contributed by atoms with van der Waals surface area (Å²) in [6.45, 7) is 16.9. The Hall–Kier alpha value is -1.36. The van der Waals surface area contributed by atoms with E-state index in [0.717, 1.165) is 63.5 Å². The fraction of sp³-hybridized carbons (Fsp3) is 0.867. The van der Waals surface area contributed by atoms with E-state index in [9.17, 15) is 15.2 Å². The molecule has 5 aliphatic carbocycles. The van der Waals surface area contributed by atoms with Gasteiger partial charge in [-0.3, -0.25) is 10.0 Å². The highest BCUT2D eigenvalue weighted by molar-refractivity contribution is 5.90.